The van der Waals surface area contributed by atoms with E-state index in [-0.39, 0.29) is 5.76 Å². The summed E-state index contributed by atoms with van der Waals surface area (Å²) in [6.07, 6.45) is 0. The van der Waals surface area contributed by atoms with Crippen LogP contribution in [-0.2, 0) is 14.3 Å². The number of hydrogen-bond donors (Lipinski definition) is 1. The van der Waals surface area contributed by atoms with Crippen molar-refractivity contribution < 1.29 is 33.0 Å². The van der Waals surface area contributed by atoms with E-state index in [1.165, 1.54) is 19.2 Å². The molecule has 0 unspecified atom stereocenters. The zero-order valence-corrected chi connectivity index (χ0v) is 16.8. The number of furan rings is 1. The smallest absolute Gasteiger partial charge is 0.375 e. The van der Waals surface area contributed by atoms with Crippen LogP contribution in [0.4, 0.5) is 5.69 Å². The second-order valence-corrected chi connectivity index (χ2v) is 6.34. The van der Waals surface area contributed by atoms with Crippen molar-refractivity contribution in [2.75, 3.05) is 25.6 Å². The Bertz CT molecular complexity index is 1080. The lowest BCUT2D eigenvalue weighted by atomic mass is 10.1. The third-order valence-electron chi connectivity index (χ3n) is 4.33. The van der Waals surface area contributed by atoms with Gasteiger partial charge in [-0.05, 0) is 56.3 Å². The molecule has 1 aromatic heterocycles. The molecular weight excluding hydrogens is 390 g/mol. The first-order valence-corrected chi connectivity index (χ1v) is 9.24. The molecule has 8 nitrogen and oxygen atoms in total. The first kappa shape index (κ1) is 20.9. The summed E-state index contributed by atoms with van der Waals surface area (Å²) in [6, 6.07) is 11.4. The van der Waals surface area contributed by atoms with Gasteiger partial charge in [0.1, 0.15) is 11.3 Å². The molecular formula is C22H21NO7. The van der Waals surface area contributed by atoms with Crippen molar-refractivity contribution in [2.45, 2.75) is 13.8 Å². The third-order valence-corrected chi connectivity index (χ3v) is 4.33. The summed E-state index contributed by atoms with van der Waals surface area (Å²) in [5, 5.41) is 3.32. The van der Waals surface area contributed by atoms with Crippen molar-refractivity contribution in [1.29, 1.82) is 0 Å². The van der Waals surface area contributed by atoms with E-state index in [0.29, 0.717) is 34.8 Å². The number of carbonyl (C=O) groups is 3. The van der Waals surface area contributed by atoms with Crippen LogP contribution in [-0.4, -0.2) is 38.2 Å². The van der Waals surface area contributed by atoms with Crippen molar-refractivity contribution in [1.82, 2.24) is 0 Å². The number of benzene rings is 2. The summed E-state index contributed by atoms with van der Waals surface area (Å²) in [7, 11) is 1.29. The summed E-state index contributed by atoms with van der Waals surface area (Å²) in [4.78, 5) is 35.9. The summed E-state index contributed by atoms with van der Waals surface area (Å²) in [6.45, 7) is 3.66. The van der Waals surface area contributed by atoms with E-state index in [2.05, 4.69) is 10.1 Å². The van der Waals surface area contributed by atoms with E-state index >= 15 is 0 Å². The van der Waals surface area contributed by atoms with Gasteiger partial charge in [-0.3, -0.25) is 4.79 Å². The summed E-state index contributed by atoms with van der Waals surface area (Å²) >= 11 is 0. The van der Waals surface area contributed by atoms with Crippen LogP contribution in [0.5, 0.6) is 5.75 Å². The number of rotatable bonds is 7. The van der Waals surface area contributed by atoms with E-state index in [1.54, 1.807) is 37.3 Å². The molecule has 1 heterocycles. The fourth-order valence-corrected chi connectivity index (χ4v) is 2.85. The number of fused-ring (bicyclic) bond motifs is 1. The Morgan fingerprint density at radius 1 is 1.03 bits per heavy atom. The number of hydrogen-bond acceptors (Lipinski definition) is 7. The molecule has 0 saturated carbocycles. The second kappa shape index (κ2) is 9.13. The Morgan fingerprint density at radius 3 is 2.43 bits per heavy atom. The van der Waals surface area contributed by atoms with Gasteiger partial charge in [0.25, 0.3) is 5.91 Å². The predicted molar refractivity (Wildman–Crippen MR) is 109 cm³/mol. The van der Waals surface area contributed by atoms with Crippen LogP contribution in [0.1, 0.15) is 33.4 Å². The Labute approximate surface area is 172 Å². The highest BCUT2D eigenvalue weighted by molar-refractivity contribution is 5.98. The highest BCUT2D eigenvalue weighted by atomic mass is 16.5. The van der Waals surface area contributed by atoms with Crippen molar-refractivity contribution in [2.24, 2.45) is 0 Å². The molecule has 3 rings (SSSR count). The van der Waals surface area contributed by atoms with Gasteiger partial charge in [0.15, 0.2) is 6.61 Å². The van der Waals surface area contributed by atoms with Crippen LogP contribution in [0.2, 0.25) is 0 Å². The minimum Gasteiger partial charge on any atom is -0.494 e. The molecule has 1 N–H and O–H groups in total. The quantitative estimate of drug-likeness (QED) is 0.591. The molecule has 0 aliphatic heterocycles. The molecule has 1 amide bonds. The number of methoxy groups -OCH3 is 1. The van der Waals surface area contributed by atoms with Crippen molar-refractivity contribution in [3.63, 3.8) is 0 Å². The first-order valence-electron chi connectivity index (χ1n) is 9.24. The van der Waals surface area contributed by atoms with Crippen LogP contribution in [0.15, 0.2) is 46.9 Å². The number of amides is 1. The standard InChI is InChI=1S/C22H21NO7/c1-4-28-16-9-10-18-17(11-16)13(2)20(30-18)22(26)29-12-19(24)23-15-7-5-14(6-8-15)21(25)27-3/h5-11H,4,12H2,1-3H3,(H,23,24). The molecule has 156 valence electrons. The van der Waals surface area contributed by atoms with Crippen LogP contribution >= 0.6 is 0 Å². The highest BCUT2D eigenvalue weighted by Crippen LogP contribution is 2.29. The molecule has 2 aromatic carbocycles. The summed E-state index contributed by atoms with van der Waals surface area (Å²) in [5.41, 5.74) is 1.94. The van der Waals surface area contributed by atoms with Gasteiger partial charge in [0.2, 0.25) is 5.76 Å². The number of anilines is 1. The number of aryl methyl sites for hydroxylation is 1. The van der Waals surface area contributed by atoms with Gasteiger partial charge in [-0.15, -0.1) is 0 Å². The SMILES string of the molecule is CCOc1ccc2oc(C(=O)OCC(=O)Nc3ccc(C(=O)OC)cc3)c(C)c2c1. The van der Waals surface area contributed by atoms with Crippen LogP contribution in [0, 0.1) is 6.92 Å². The highest BCUT2D eigenvalue weighted by Gasteiger charge is 2.20. The van der Waals surface area contributed by atoms with Crippen molar-refractivity contribution >= 4 is 34.5 Å². The minimum atomic E-state index is -0.738. The summed E-state index contributed by atoms with van der Waals surface area (Å²) in [5.74, 6) is -1.03. The maximum absolute atomic E-state index is 12.4. The maximum Gasteiger partial charge on any atom is 0.375 e. The van der Waals surface area contributed by atoms with E-state index in [0.717, 1.165) is 5.39 Å². The minimum absolute atomic E-state index is 0.0360. The van der Waals surface area contributed by atoms with Gasteiger partial charge in [-0.1, -0.05) is 0 Å². The lowest BCUT2D eigenvalue weighted by Crippen LogP contribution is -2.21. The topological polar surface area (TPSA) is 104 Å². The van der Waals surface area contributed by atoms with E-state index in [1.807, 2.05) is 6.92 Å². The van der Waals surface area contributed by atoms with Crippen molar-refractivity contribution in [3.05, 3.63) is 59.4 Å². The average Bonchev–Trinajstić information content (AvgIpc) is 3.08. The van der Waals surface area contributed by atoms with Crippen LogP contribution in [0.3, 0.4) is 0 Å². The number of ether oxygens (including phenoxy) is 3. The normalized spacial score (nSPS) is 10.5. The van der Waals surface area contributed by atoms with Gasteiger partial charge < -0.3 is 23.9 Å². The van der Waals surface area contributed by atoms with Gasteiger partial charge in [0.05, 0.1) is 19.3 Å². The molecule has 0 radical (unpaired) electrons. The summed E-state index contributed by atoms with van der Waals surface area (Å²) < 4.78 is 20.7. The van der Waals surface area contributed by atoms with E-state index < -0.39 is 24.5 Å². The Balaban J connectivity index is 1.61. The molecule has 8 heteroatoms. The maximum atomic E-state index is 12.4. The van der Waals surface area contributed by atoms with E-state index in [9.17, 15) is 14.4 Å². The molecule has 0 spiro atoms. The predicted octanol–water partition coefficient (Wildman–Crippen LogP) is 3.72. The van der Waals surface area contributed by atoms with Crippen molar-refractivity contribution in [3.8, 4) is 5.75 Å². The third kappa shape index (κ3) is 4.60. The zero-order chi connectivity index (χ0) is 21.7. The average molecular weight is 411 g/mol. The second-order valence-electron chi connectivity index (χ2n) is 6.34. The molecule has 0 fully saturated rings. The largest absolute Gasteiger partial charge is 0.494 e. The Morgan fingerprint density at radius 2 is 1.77 bits per heavy atom. The molecule has 3 aromatic rings. The molecule has 0 aliphatic carbocycles. The van der Waals surface area contributed by atoms with Crippen LogP contribution in [0.25, 0.3) is 11.0 Å². The molecule has 0 saturated heterocycles. The van der Waals surface area contributed by atoms with Gasteiger partial charge in [-0.25, -0.2) is 9.59 Å². The lowest BCUT2D eigenvalue weighted by molar-refractivity contribution is -0.119. The molecule has 0 aliphatic rings. The number of nitrogens with one attached hydrogen (secondary N) is 1. The molecule has 30 heavy (non-hydrogen) atoms. The van der Waals surface area contributed by atoms with Gasteiger partial charge in [-0.2, -0.15) is 0 Å². The first-order chi connectivity index (χ1) is 14.4. The van der Waals surface area contributed by atoms with E-state index in [4.69, 9.17) is 13.9 Å². The zero-order valence-electron chi connectivity index (χ0n) is 16.8. The Kier molecular flexibility index (Phi) is 6.36. The monoisotopic (exact) mass is 411 g/mol. The number of esters is 2. The lowest BCUT2D eigenvalue weighted by Gasteiger charge is -2.07. The van der Waals surface area contributed by atoms with Gasteiger partial charge in [0, 0.05) is 16.6 Å². The van der Waals surface area contributed by atoms with Crippen LogP contribution < -0.4 is 10.1 Å². The number of carbonyl (C=O) groups excluding carboxylic acids is 3. The molecule has 0 bridgehead atoms. The molecule has 0 atom stereocenters. The Hall–Kier alpha value is -3.81. The fraction of sp³-hybridized carbons (Fsp3) is 0.227. The fourth-order valence-electron chi connectivity index (χ4n) is 2.85. The van der Waals surface area contributed by atoms with Gasteiger partial charge >= 0.3 is 11.9 Å².